The Balaban J connectivity index is 1.52. The van der Waals surface area contributed by atoms with E-state index in [9.17, 15) is 9.59 Å². The number of aryl methyl sites for hydroxylation is 1. The van der Waals surface area contributed by atoms with Gasteiger partial charge >= 0.3 is 5.69 Å². The number of aromatic nitrogens is 2. The van der Waals surface area contributed by atoms with Crippen LogP contribution in [0.15, 0.2) is 59.4 Å². The van der Waals surface area contributed by atoms with Gasteiger partial charge in [0.25, 0.3) is 0 Å². The number of rotatable bonds is 5. The molecule has 1 N–H and O–H groups in total. The number of carbonyl (C=O) groups is 1. The third-order valence-electron chi connectivity index (χ3n) is 5.92. The van der Waals surface area contributed by atoms with Crippen molar-refractivity contribution in [1.82, 2.24) is 14.5 Å². The summed E-state index contributed by atoms with van der Waals surface area (Å²) in [5.74, 6) is -0.115. The molecule has 27 heavy (non-hydrogen) atoms. The Hall–Kier alpha value is -2.82. The van der Waals surface area contributed by atoms with Gasteiger partial charge in [0, 0.05) is 19.0 Å². The monoisotopic (exact) mass is 363 g/mol. The van der Waals surface area contributed by atoms with Crippen LogP contribution in [-0.4, -0.2) is 21.6 Å². The van der Waals surface area contributed by atoms with E-state index in [4.69, 9.17) is 0 Å². The number of hydrogen-bond acceptors (Lipinski definition) is 2. The molecule has 0 aliphatic heterocycles. The smallest absolute Gasteiger partial charge is 0.329 e. The van der Waals surface area contributed by atoms with Gasteiger partial charge in [-0.25, -0.2) is 4.79 Å². The molecule has 4 rings (SSSR count). The summed E-state index contributed by atoms with van der Waals surface area (Å²) in [5, 5.41) is 3.11. The maximum absolute atomic E-state index is 12.7. The lowest BCUT2D eigenvalue weighted by Crippen LogP contribution is -2.41. The molecule has 0 saturated heterocycles. The highest BCUT2D eigenvalue weighted by Gasteiger charge is 2.35. The summed E-state index contributed by atoms with van der Waals surface area (Å²) in [5.41, 5.74) is 2.78. The van der Waals surface area contributed by atoms with Crippen LogP contribution in [0.2, 0.25) is 0 Å². The Morgan fingerprint density at radius 1 is 1.00 bits per heavy atom. The topological polar surface area (TPSA) is 56.0 Å². The number of nitrogens with zero attached hydrogens (tertiary/aromatic N) is 2. The molecule has 0 radical (unpaired) electrons. The fraction of sp³-hybridized carbons (Fsp3) is 0.364. The Morgan fingerprint density at radius 2 is 1.63 bits per heavy atom. The minimum atomic E-state index is -0.162. The molecular weight excluding hydrogens is 338 g/mol. The zero-order chi connectivity index (χ0) is 18.9. The molecule has 3 aromatic rings. The molecule has 0 atom stereocenters. The standard InChI is InChI=1S/C22H25N3O2/c1-24-18-11-5-6-12-19(18)25(21(24)27)15-20(26)23-16-22(13-7-8-14-22)17-9-3-2-4-10-17/h2-6,9-12H,7-8,13-16H2,1H3,(H,23,26). The number of hydrogen-bond donors (Lipinski definition) is 1. The SMILES string of the molecule is Cn1c(=O)n(CC(=O)NCC2(c3ccccc3)CCCC2)c2ccccc21. The zero-order valence-electron chi connectivity index (χ0n) is 15.6. The molecule has 0 bridgehead atoms. The summed E-state index contributed by atoms with van der Waals surface area (Å²) >= 11 is 0. The van der Waals surface area contributed by atoms with Crippen molar-refractivity contribution in [2.45, 2.75) is 37.6 Å². The van der Waals surface area contributed by atoms with Crippen LogP contribution < -0.4 is 11.0 Å². The van der Waals surface area contributed by atoms with Gasteiger partial charge in [-0.05, 0) is 30.5 Å². The van der Waals surface area contributed by atoms with Gasteiger partial charge in [-0.15, -0.1) is 0 Å². The maximum atomic E-state index is 12.7. The van der Waals surface area contributed by atoms with E-state index in [0.29, 0.717) is 6.54 Å². The summed E-state index contributed by atoms with van der Waals surface area (Å²) in [4.78, 5) is 25.2. The number of amides is 1. The van der Waals surface area contributed by atoms with Crippen molar-refractivity contribution in [1.29, 1.82) is 0 Å². The first-order valence-corrected chi connectivity index (χ1v) is 9.57. The Bertz CT molecular complexity index is 1010. The first kappa shape index (κ1) is 17.6. The minimum Gasteiger partial charge on any atom is -0.354 e. The van der Waals surface area contributed by atoms with Crippen molar-refractivity contribution in [3.05, 3.63) is 70.6 Å². The number of benzene rings is 2. The van der Waals surface area contributed by atoms with E-state index in [1.54, 1.807) is 16.2 Å². The van der Waals surface area contributed by atoms with Crippen LogP contribution in [0.5, 0.6) is 0 Å². The molecule has 1 saturated carbocycles. The van der Waals surface area contributed by atoms with Gasteiger partial charge in [-0.1, -0.05) is 55.3 Å². The predicted octanol–water partition coefficient (Wildman–Crippen LogP) is 2.97. The van der Waals surface area contributed by atoms with E-state index in [1.165, 1.54) is 18.4 Å². The van der Waals surface area contributed by atoms with Crippen LogP contribution in [0, 0.1) is 0 Å². The summed E-state index contributed by atoms with van der Waals surface area (Å²) in [6.45, 7) is 0.667. The third-order valence-corrected chi connectivity index (χ3v) is 5.92. The molecule has 2 aromatic carbocycles. The lowest BCUT2D eigenvalue weighted by molar-refractivity contribution is -0.121. The largest absolute Gasteiger partial charge is 0.354 e. The van der Waals surface area contributed by atoms with Crippen LogP contribution in [0.3, 0.4) is 0 Å². The van der Waals surface area contributed by atoms with Crippen molar-refractivity contribution >= 4 is 16.9 Å². The third kappa shape index (κ3) is 3.18. The van der Waals surface area contributed by atoms with Crippen molar-refractivity contribution < 1.29 is 4.79 Å². The van der Waals surface area contributed by atoms with E-state index in [2.05, 4.69) is 29.6 Å². The molecule has 140 valence electrons. The first-order chi connectivity index (χ1) is 13.1. The highest BCUT2D eigenvalue weighted by Crippen LogP contribution is 2.40. The van der Waals surface area contributed by atoms with Crippen molar-refractivity contribution in [3.8, 4) is 0 Å². The van der Waals surface area contributed by atoms with Crippen molar-refractivity contribution in [2.75, 3.05) is 6.54 Å². The van der Waals surface area contributed by atoms with Gasteiger partial charge < -0.3 is 5.32 Å². The average Bonchev–Trinajstić information content (AvgIpc) is 3.28. The average molecular weight is 363 g/mol. The van der Waals surface area contributed by atoms with Crippen LogP contribution >= 0.6 is 0 Å². The highest BCUT2D eigenvalue weighted by atomic mass is 16.2. The van der Waals surface area contributed by atoms with E-state index in [1.807, 2.05) is 30.3 Å². The van der Waals surface area contributed by atoms with E-state index >= 15 is 0 Å². The molecule has 1 fully saturated rings. The number of imidazole rings is 1. The lowest BCUT2D eigenvalue weighted by Gasteiger charge is -2.30. The van der Waals surface area contributed by atoms with E-state index in [-0.39, 0.29) is 23.6 Å². The molecule has 0 unspecified atom stereocenters. The van der Waals surface area contributed by atoms with Gasteiger partial charge in [0.15, 0.2) is 0 Å². The van der Waals surface area contributed by atoms with Crippen LogP contribution in [0.4, 0.5) is 0 Å². The normalized spacial score (nSPS) is 15.9. The second-order valence-electron chi connectivity index (χ2n) is 7.55. The zero-order valence-corrected chi connectivity index (χ0v) is 15.6. The molecular formula is C22H25N3O2. The molecule has 1 aliphatic carbocycles. The number of nitrogens with one attached hydrogen (secondary N) is 1. The molecule has 1 amide bonds. The maximum Gasteiger partial charge on any atom is 0.329 e. The quantitative estimate of drug-likeness (QED) is 0.758. The molecule has 0 spiro atoms. The Labute approximate surface area is 158 Å². The van der Waals surface area contributed by atoms with Gasteiger partial charge in [0.05, 0.1) is 11.0 Å². The predicted molar refractivity (Wildman–Crippen MR) is 107 cm³/mol. The van der Waals surface area contributed by atoms with Crippen molar-refractivity contribution in [3.63, 3.8) is 0 Å². The second-order valence-corrected chi connectivity index (χ2v) is 7.55. The molecule has 1 aromatic heterocycles. The van der Waals surface area contributed by atoms with E-state index in [0.717, 1.165) is 23.9 Å². The molecule has 1 heterocycles. The number of carbonyl (C=O) groups excluding carboxylic acids is 1. The highest BCUT2D eigenvalue weighted by molar-refractivity contribution is 5.81. The number of para-hydroxylation sites is 2. The first-order valence-electron chi connectivity index (χ1n) is 9.57. The van der Waals surface area contributed by atoms with Gasteiger partial charge in [-0.2, -0.15) is 0 Å². The Kier molecular flexibility index (Phi) is 4.60. The van der Waals surface area contributed by atoms with Gasteiger partial charge in [-0.3, -0.25) is 13.9 Å². The summed E-state index contributed by atoms with van der Waals surface area (Å²) < 4.78 is 3.14. The Morgan fingerprint density at radius 3 is 2.33 bits per heavy atom. The fourth-order valence-electron chi connectivity index (χ4n) is 4.39. The molecule has 5 nitrogen and oxygen atoms in total. The second kappa shape index (κ2) is 7.06. The van der Waals surface area contributed by atoms with E-state index < -0.39 is 0 Å². The molecule has 5 heteroatoms. The summed E-state index contributed by atoms with van der Waals surface area (Å²) in [6.07, 6.45) is 4.55. The summed E-state index contributed by atoms with van der Waals surface area (Å²) in [6, 6.07) is 18.0. The van der Waals surface area contributed by atoms with Crippen LogP contribution in [-0.2, 0) is 23.8 Å². The fourth-order valence-corrected chi connectivity index (χ4v) is 4.39. The summed E-state index contributed by atoms with van der Waals surface area (Å²) in [7, 11) is 1.74. The minimum absolute atomic E-state index is 0.0145. The molecule has 1 aliphatic rings. The van der Waals surface area contributed by atoms with Gasteiger partial charge in [0.2, 0.25) is 5.91 Å². The van der Waals surface area contributed by atoms with Crippen LogP contribution in [0.1, 0.15) is 31.2 Å². The van der Waals surface area contributed by atoms with Crippen molar-refractivity contribution in [2.24, 2.45) is 7.05 Å². The number of fused-ring (bicyclic) bond motifs is 1. The van der Waals surface area contributed by atoms with Crippen LogP contribution in [0.25, 0.3) is 11.0 Å². The van der Waals surface area contributed by atoms with Gasteiger partial charge in [0.1, 0.15) is 6.54 Å². The lowest BCUT2D eigenvalue weighted by atomic mass is 9.79.